The third kappa shape index (κ3) is 5.39. The Bertz CT molecular complexity index is 1420. The molecule has 0 saturated carbocycles. The van der Waals surface area contributed by atoms with Gasteiger partial charge >= 0.3 is 0 Å². The third-order valence-corrected chi connectivity index (χ3v) is 7.63. The summed E-state index contributed by atoms with van der Waals surface area (Å²) in [5, 5.41) is 0.198. The zero-order chi connectivity index (χ0) is 24.8. The Hall–Kier alpha value is -3.61. The minimum atomic E-state index is -4.24. The predicted octanol–water partition coefficient (Wildman–Crippen LogP) is 6.17. The first kappa shape index (κ1) is 24.5. The van der Waals surface area contributed by atoms with Gasteiger partial charge in [0.05, 0.1) is 22.7 Å². The van der Waals surface area contributed by atoms with Crippen molar-refractivity contribution in [3.63, 3.8) is 0 Å². The number of aryl methyl sites for hydroxylation is 2. The van der Waals surface area contributed by atoms with Crippen LogP contribution in [0.3, 0.4) is 0 Å². The Kier molecular flexibility index (Phi) is 7.54. The number of rotatable bonds is 8. The molecule has 5 nitrogen and oxygen atoms in total. The lowest BCUT2D eigenvalue weighted by Crippen LogP contribution is -2.37. The molecule has 7 heteroatoms. The van der Waals surface area contributed by atoms with Crippen LogP contribution in [-0.4, -0.2) is 21.4 Å². The van der Waals surface area contributed by atoms with Crippen molar-refractivity contribution in [2.75, 3.05) is 11.4 Å². The molecule has 178 valence electrons. The number of carbonyl (C=O) groups excluding carboxylic acids is 1. The average molecular weight is 506 g/mol. The van der Waals surface area contributed by atoms with Crippen molar-refractivity contribution in [3.05, 3.63) is 125 Å². The SMILES string of the molecule is COc1ccc(N(C(=O)c2ccccc2CCc2ccccc2)S(=O)(=O)c2ccccc2)cc1Cl. The number of amides is 1. The van der Waals surface area contributed by atoms with E-state index < -0.39 is 15.9 Å². The fourth-order valence-corrected chi connectivity index (χ4v) is 5.50. The molecule has 0 aromatic heterocycles. The van der Waals surface area contributed by atoms with Gasteiger partial charge in [-0.1, -0.05) is 78.3 Å². The Morgan fingerprint density at radius 2 is 1.46 bits per heavy atom. The van der Waals surface area contributed by atoms with E-state index in [-0.39, 0.29) is 15.6 Å². The molecule has 0 spiro atoms. The maximum absolute atomic E-state index is 13.9. The monoisotopic (exact) mass is 505 g/mol. The van der Waals surface area contributed by atoms with Gasteiger partial charge in [0.15, 0.2) is 0 Å². The number of carbonyl (C=O) groups is 1. The fourth-order valence-electron chi connectivity index (χ4n) is 3.82. The van der Waals surface area contributed by atoms with Crippen LogP contribution in [0.1, 0.15) is 21.5 Å². The predicted molar refractivity (Wildman–Crippen MR) is 139 cm³/mol. The van der Waals surface area contributed by atoms with Crippen molar-refractivity contribution in [1.29, 1.82) is 0 Å². The van der Waals surface area contributed by atoms with E-state index in [9.17, 15) is 13.2 Å². The number of hydrogen-bond donors (Lipinski definition) is 0. The van der Waals surface area contributed by atoms with Crippen LogP contribution < -0.4 is 9.04 Å². The standard InChI is InChI=1S/C28H24ClNO4S/c1-34-27-19-18-23(20-26(27)29)30(35(32,33)24-13-6-3-7-14-24)28(31)25-15-9-8-12-22(25)17-16-21-10-4-2-5-11-21/h2-15,18-20H,16-17H2,1H3. The summed E-state index contributed by atoms with van der Waals surface area (Å²) >= 11 is 6.31. The quantitative estimate of drug-likeness (QED) is 0.287. The molecule has 0 aliphatic heterocycles. The van der Waals surface area contributed by atoms with Gasteiger partial charge in [-0.2, -0.15) is 4.31 Å². The van der Waals surface area contributed by atoms with Gasteiger partial charge < -0.3 is 4.74 Å². The number of methoxy groups -OCH3 is 1. The van der Waals surface area contributed by atoms with Gasteiger partial charge in [-0.25, -0.2) is 8.42 Å². The van der Waals surface area contributed by atoms with Gasteiger partial charge in [0.2, 0.25) is 0 Å². The maximum atomic E-state index is 13.9. The lowest BCUT2D eigenvalue weighted by molar-refractivity contribution is 0.100. The van der Waals surface area contributed by atoms with Gasteiger partial charge in [-0.3, -0.25) is 4.79 Å². The first-order valence-electron chi connectivity index (χ1n) is 11.0. The highest BCUT2D eigenvalue weighted by molar-refractivity contribution is 7.93. The van der Waals surface area contributed by atoms with Crippen molar-refractivity contribution in [3.8, 4) is 5.75 Å². The van der Waals surface area contributed by atoms with Crippen molar-refractivity contribution in [2.24, 2.45) is 0 Å². The number of ether oxygens (including phenoxy) is 1. The Labute approximate surface area is 210 Å². The van der Waals surface area contributed by atoms with Gasteiger partial charge in [-0.05, 0) is 60.4 Å². The van der Waals surface area contributed by atoms with Crippen LogP contribution in [-0.2, 0) is 22.9 Å². The van der Waals surface area contributed by atoms with E-state index in [1.165, 1.54) is 31.4 Å². The molecular weight excluding hydrogens is 482 g/mol. The minimum Gasteiger partial charge on any atom is -0.495 e. The molecular formula is C28H24ClNO4S. The molecule has 1 amide bonds. The topological polar surface area (TPSA) is 63.7 Å². The summed E-state index contributed by atoms with van der Waals surface area (Å²) in [4.78, 5) is 13.9. The number of halogens is 1. The second kappa shape index (κ2) is 10.8. The minimum absolute atomic E-state index is 0.00190. The largest absolute Gasteiger partial charge is 0.495 e. The second-order valence-electron chi connectivity index (χ2n) is 7.85. The summed E-state index contributed by atoms with van der Waals surface area (Å²) < 4.78 is 33.5. The summed E-state index contributed by atoms with van der Waals surface area (Å²) in [6.07, 6.45) is 1.29. The Morgan fingerprint density at radius 3 is 2.11 bits per heavy atom. The average Bonchev–Trinajstić information content (AvgIpc) is 2.89. The molecule has 0 aliphatic carbocycles. The molecule has 4 rings (SSSR count). The van der Waals surface area contributed by atoms with E-state index in [1.807, 2.05) is 42.5 Å². The summed E-state index contributed by atoms with van der Waals surface area (Å²) in [6.45, 7) is 0. The highest BCUT2D eigenvalue weighted by Gasteiger charge is 2.33. The van der Waals surface area contributed by atoms with Crippen LogP contribution in [0.25, 0.3) is 0 Å². The zero-order valence-corrected chi connectivity index (χ0v) is 20.7. The smallest absolute Gasteiger partial charge is 0.272 e. The second-order valence-corrected chi connectivity index (χ2v) is 10.0. The molecule has 35 heavy (non-hydrogen) atoms. The highest BCUT2D eigenvalue weighted by Crippen LogP contribution is 2.33. The third-order valence-electron chi connectivity index (χ3n) is 5.61. The van der Waals surface area contributed by atoms with Gasteiger partial charge in [0.1, 0.15) is 5.75 Å². The molecule has 0 bridgehead atoms. The molecule has 0 aliphatic rings. The molecule has 4 aromatic rings. The van der Waals surface area contributed by atoms with Crippen LogP contribution in [0.2, 0.25) is 5.02 Å². The van der Waals surface area contributed by atoms with Crippen LogP contribution in [0, 0.1) is 0 Å². The summed E-state index contributed by atoms with van der Waals surface area (Å²) in [7, 11) is -2.77. The fraction of sp³-hybridized carbons (Fsp3) is 0.107. The van der Waals surface area contributed by atoms with Gasteiger partial charge in [0, 0.05) is 5.56 Å². The van der Waals surface area contributed by atoms with Crippen LogP contribution >= 0.6 is 11.6 Å². The molecule has 4 aromatic carbocycles. The lowest BCUT2D eigenvalue weighted by atomic mass is 9.99. The van der Waals surface area contributed by atoms with Crippen molar-refractivity contribution in [1.82, 2.24) is 0 Å². The van der Waals surface area contributed by atoms with E-state index in [1.54, 1.807) is 36.4 Å². The number of benzene rings is 4. The van der Waals surface area contributed by atoms with E-state index in [0.717, 1.165) is 15.4 Å². The summed E-state index contributed by atoms with van der Waals surface area (Å²) in [6, 6.07) is 29.4. The first-order valence-corrected chi connectivity index (χ1v) is 12.8. The van der Waals surface area contributed by atoms with Crippen LogP contribution in [0.5, 0.6) is 5.75 Å². The maximum Gasteiger partial charge on any atom is 0.272 e. The van der Waals surface area contributed by atoms with Crippen molar-refractivity contribution in [2.45, 2.75) is 17.7 Å². The summed E-state index contributed by atoms with van der Waals surface area (Å²) in [5.74, 6) is -0.276. The zero-order valence-electron chi connectivity index (χ0n) is 19.1. The lowest BCUT2D eigenvalue weighted by Gasteiger charge is -2.24. The number of anilines is 1. The Morgan fingerprint density at radius 1 is 0.829 bits per heavy atom. The van der Waals surface area contributed by atoms with Gasteiger partial charge in [-0.15, -0.1) is 0 Å². The van der Waals surface area contributed by atoms with E-state index in [0.29, 0.717) is 24.2 Å². The summed E-state index contributed by atoms with van der Waals surface area (Å²) in [5.41, 5.74) is 2.33. The molecule has 0 saturated heterocycles. The van der Waals surface area contributed by atoms with Crippen LogP contribution in [0.15, 0.2) is 108 Å². The highest BCUT2D eigenvalue weighted by atomic mass is 35.5. The van der Waals surface area contributed by atoms with E-state index in [2.05, 4.69) is 0 Å². The molecule has 0 radical (unpaired) electrons. The number of sulfonamides is 1. The van der Waals surface area contributed by atoms with Gasteiger partial charge in [0.25, 0.3) is 15.9 Å². The van der Waals surface area contributed by atoms with E-state index >= 15 is 0 Å². The van der Waals surface area contributed by atoms with E-state index in [4.69, 9.17) is 16.3 Å². The first-order chi connectivity index (χ1) is 16.9. The van der Waals surface area contributed by atoms with Crippen molar-refractivity contribution < 1.29 is 17.9 Å². The number of hydrogen-bond acceptors (Lipinski definition) is 4. The normalized spacial score (nSPS) is 11.1. The Balaban J connectivity index is 1.79. The molecule has 0 atom stereocenters. The molecule has 0 N–H and O–H groups in total. The molecule has 0 heterocycles. The van der Waals surface area contributed by atoms with Crippen LogP contribution in [0.4, 0.5) is 5.69 Å². The number of nitrogens with zero attached hydrogens (tertiary/aromatic N) is 1. The van der Waals surface area contributed by atoms with Crippen molar-refractivity contribution >= 4 is 33.2 Å². The molecule has 0 fully saturated rings. The molecule has 0 unspecified atom stereocenters.